The number of halogens is 1. The smallest absolute Gasteiger partial charge is 0.221 e. The maximum Gasteiger partial charge on any atom is 0.221 e. The Morgan fingerprint density at radius 3 is 2.80 bits per heavy atom. The number of anilines is 1. The molecule has 104 valence electrons. The Kier molecular flexibility index (Phi) is 3.78. The van der Waals surface area contributed by atoms with Crippen molar-refractivity contribution in [2.24, 2.45) is 0 Å². The largest absolute Gasteiger partial charge is 0.317 e. The Morgan fingerprint density at radius 1 is 1.35 bits per heavy atom. The van der Waals surface area contributed by atoms with Crippen LogP contribution < -0.4 is 10.6 Å². The van der Waals surface area contributed by atoms with Gasteiger partial charge < -0.3 is 10.6 Å². The molecule has 0 unspecified atom stereocenters. The number of fused-ring (bicyclic) bond motifs is 1. The second kappa shape index (κ2) is 5.56. The van der Waals surface area contributed by atoms with E-state index in [1.54, 1.807) is 18.3 Å². The Bertz CT molecular complexity index is 649. The average Bonchev–Trinajstić information content (AvgIpc) is 2.77. The predicted octanol–water partition coefficient (Wildman–Crippen LogP) is 3.67. The van der Waals surface area contributed by atoms with Crippen LogP contribution in [0.3, 0.4) is 0 Å². The number of nitrogens with one attached hydrogen (secondary N) is 2. The van der Waals surface area contributed by atoms with Gasteiger partial charge in [-0.3, -0.25) is 4.79 Å². The maximum atomic E-state index is 11.4. The van der Waals surface area contributed by atoms with Gasteiger partial charge in [0.1, 0.15) is 5.00 Å². The summed E-state index contributed by atoms with van der Waals surface area (Å²) >= 11 is 7.63. The highest BCUT2D eigenvalue weighted by Gasteiger charge is 2.22. The van der Waals surface area contributed by atoms with Gasteiger partial charge in [-0.25, -0.2) is 0 Å². The molecular formula is C15H15ClN2OS. The van der Waals surface area contributed by atoms with E-state index in [1.165, 1.54) is 10.4 Å². The van der Waals surface area contributed by atoms with Crippen molar-refractivity contribution in [1.29, 1.82) is 0 Å². The van der Waals surface area contributed by atoms with Crippen LogP contribution in [0.4, 0.5) is 5.00 Å². The first kappa shape index (κ1) is 13.6. The first-order valence-electron chi connectivity index (χ1n) is 6.54. The Morgan fingerprint density at radius 2 is 2.10 bits per heavy atom. The minimum atomic E-state index is -0.0354. The number of hydrogen-bond acceptors (Lipinski definition) is 3. The van der Waals surface area contributed by atoms with Gasteiger partial charge in [0, 0.05) is 28.9 Å². The Hall–Kier alpha value is -1.36. The van der Waals surface area contributed by atoms with E-state index < -0.39 is 0 Å². The zero-order valence-corrected chi connectivity index (χ0v) is 12.7. The fourth-order valence-corrected chi connectivity index (χ4v) is 3.92. The normalized spacial score (nSPS) is 13.9. The summed E-state index contributed by atoms with van der Waals surface area (Å²) in [6.45, 7) is 3.40. The first-order valence-corrected chi connectivity index (χ1v) is 7.73. The fourth-order valence-electron chi connectivity index (χ4n) is 2.50. The van der Waals surface area contributed by atoms with Gasteiger partial charge in [-0.05, 0) is 36.2 Å². The molecule has 3 rings (SSSR count). The van der Waals surface area contributed by atoms with Crippen molar-refractivity contribution in [1.82, 2.24) is 5.32 Å². The molecule has 1 aromatic heterocycles. The molecular weight excluding hydrogens is 292 g/mol. The van der Waals surface area contributed by atoms with Gasteiger partial charge in [0.15, 0.2) is 0 Å². The van der Waals surface area contributed by atoms with E-state index in [9.17, 15) is 4.79 Å². The van der Waals surface area contributed by atoms with Crippen molar-refractivity contribution in [2.45, 2.75) is 19.9 Å². The summed E-state index contributed by atoms with van der Waals surface area (Å²) in [5.74, 6) is -0.0354. The van der Waals surface area contributed by atoms with Crippen LogP contribution in [0.25, 0.3) is 11.1 Å². The van der Waals surface area contributed by atoms with Crippen LogP contribution in [0.1, 0.15) is 17.4 Å². The average molecular weight is 307 g/mol. The van der Waals surface area contributed by atoms with Crippen molar-refractivity contribution in [2.75, 3.05) is 11.9 Å². The van der Waals surface area contributed by atoms with E-state index in [0.717, 1.165) is 40.7 Å². The molecule has 0 spiro atoms. The van der Waals surface area contributed by atoms with Crippen molar-refractivity contribution >= 4 is 33.8 Å². The molecule has 0 saturated carbocycles. The lowest BCUT2D eigenvalue weighted by Crippen LogP contribution is -2.22. The molecule has 3 nitrogen and oxygen atoms in total. The summed E-state index contributed by atoms with van der Waals surface area (Å²) in [5, 5.41) is 8.00. The highest BCUT2D eigenvalue weighted by Crippen LogP contribution is 2.42. The molecule has 2 aromatic rings. The van der Waals surface area contributed by atoms with E-state index in [0.29, 0.717) is 0 Å². The van der Waals surface area contributed by atoms with Gasteiger partial charge in [0.25, 0.3) is 0 Å². The third-order valence-electron chi connectivity index (χ3n) is 3.35. The minimum absolute atomic E-state index is 0.0354. The SMILES string of the molecule is CC(=O)Nc1sc2c(c1-c1ccc(Cl)cc1)CCNC2. The summed E-state index contributed by atoms with van der Waals surface area (Å²) in [4.78, 5) is 12.7. The molecule has 5 heteroatoms. The number of rotatable bonds is 2. The van der Waals surface area contributed by atoms with Gasteiger partial charge in [-0.15, -0.1) is 11.3 Å². The predicted molar refractivity (Wildman–Crippen MR) is 84.5 cm³/mol. The van der Waals surface area contributed by atoms with Crippen LogP contribution in [0.15, 0.2) is 24.3 Å². The van der Waals surface area contributed by atoms with Crippen molar-refractivity contribution < 1.29 is 4.79 Å². The number of benzene rings is 1. The lowest BCUT2D eigenvalue weighted by atomic mass is 9.98. The highest BCUT2D eigenvalue weighted by atomic mass is 35.5. The molecule has 2 heterocycles. The number of hydrogen-bond donors (Lipinski definition) is 2. The van der Waals surface area contributed by atoms with Crippen LogP contribution in [0.2, 0.25) is 5.02 Å². The van der Waals surface area contributed by atoms with E-state index in [1.807, 2.05) is 24.3 Å². The number of amides is 1. The monoisotopic (exact) mass is 306 g/mol. The Balaban J connectivity index is 2.13. The van der Waals surface area contributed by atoms with Gasteiger partial charge in [0.2, 0.25) is 5.91 Å². The van der Waals surface area contributed by atoms with Crippen molar-refractivity contribution in [3.63, 3.8) is 0 Å². The maximum absolute atomic E-state index is 11.4. The third kappa shape index (κ3) is 2.59. The second-order valence-corrected chi connectivity index (χ2v) is 6.36. The molecule has 0 fully saturated rings. The number of thiophene rings is 1. The van der Waals surface area contributed by atoms with Crippen LogP contribution in [0, 0.1) is 0 Å². The van der Waals surface area contributed by atoms with Gasteiger partial charge in [-0.1, -0.05) is 23.7 Å². The van der Waals surface area contributed by atoms with E-state index in [-0.39, 0.29) is 5.91 Å². The molecule has 0 atom stereocenters. The molecule has 0 radical (unpaired) electrons. The van der Waals surface area contributed by atoms with E-state index in [4.69, 9.17) is 11.6 Å². The number of carbonyl (C=O) groups is 1. The topological polar surface area (TPSA) is 41.1 Å². The van der Waals surface area contributed by atoms with Crippen LogP contribution >= 0.6 is 22.9 Å². The molecule has 0 saturated heterocycles. The van der Waals surface area contributed by atoms with Gasteiger partial charge in [0.05, 0.1) is 0 Å². The summed E-state index contributed by atoms with van der Waals surface area (Å²) in [6, 6.07) is 7.80. The van der Waals surface area contributed by atoms with Gasteiger partial charge in [-0.2, -0.15) is 0 Å². The quantitative estimate of drug-likeness (QED) is 0.889. The lowest BCUT2D eigenvalue weighted by molar-refractivity contribution is -0.114. The lowest BCUT2D eigenvalue weighted by Gasteiger charge is -2.14. The third-order valence-corrected chi connectivity index (χ3v) is 4.75. The molecule has 0 bridgehead atoms. The summed E-state index contributed by atoms with van der Waals surface area (Å²) in [6.07, 6.45) is 0.989. The summed E-state index contributed by atoms with van der Waals surface area (Å²) in [5.41, 5.74) is 3.61. The highest BCUT2D eigenvalue weighted by molar-refractivity contribution is 7.17. The molecule has 2 N–H and O–H groups in total. The molecule has 1 aliphatic heterocycles. The minimum Gasteiger partial charge on any atom is -0.317 e. The zero-order valence-electron chi connectivity index (χ0n) is 11.1. The first-order chi connectivity index (χ1) is 9.65. The Labute approximate surface area is 127 Å². The zero-order chi connectivity index (χ0) is 14.1. The van der Waals surface area contributed by atoms with Crippen LogP contribution in [-0.4, -0.2) is 12.5 Å². The van der Waals surface area contributed by atoms with E-state index in [2.05, 4.69) is 10.6 Å². The standard InChI is InChI=1S/C15H15ClN2OS/c1-9(19)18-15-14(10-2-4-11(16)5-3-10)12-6-7-17-8-13(12)20-15/h2-5,17H,6-8H2,1H3,(H,18,19). The van der Waals surface area contributed by atoms with Crippen LogP contribution in [0.5, 0.6) is 0 Å². The molecule has 1 aromatic carbocycles. The fraction of sp³-hybridized carbons (Fsp3) is 0.267. The van der Waals surface area contributed by atoms with Gasteiger partial charge >= 0.3 is 0 Å². The summed E-state index contributed by atoms with van der Waals surface area (Å²) in [7, 11) is 0. The number of carbonyl (C=O) groups excluding carboxylic acids is 1. The van der Waals surface area contributed by atoms with E-state index >= 15 is 0 Å². The van der Waals surface area contributed by atoms with Crippen molar-refractivity contribution in [3.8, 4) is 11.1 Å². The second-order valence-electron chi connectivity index (χ2n) is 4.82. The molecule has 1 aliphatic rings. The summed E-state index contributed by atoms with van der Waals surface area (Å²) < 4.78 is 0. The van der Waals surface area contributed by atoms with Crippen molar-refractivity contribution in [3.05, 3.63) is 39.7 Å². The molecule has 1 amide bonds. The molecule has 0 aliphatic carbocycles. The van der Waals surface area contributed by atoms with Crippen LogP contribution in [-0.2, 0) is 17.8 Å². The molecule has 20 heavy (non-hydrogen) atoms.